The molecule has 5 aromatic rings. The summed E-state index contributed by atoms with van der Waals surface area (Å²) in [6.07, 6.45) is 3.89. The number of halogens is 4. The molecule has 11 nitrogen and oxygen atoms in total. The number of aromatic carboxylic acids is 1. The molecule has 0 aliphatic carbocycles. The van der Waals surface area contributed by atoms with E-state index in [1.165, 1.54) is 28.8 Å². The Labute approximate surface area is 239 Å². The van der Waals surface area contributed by atoms with Crippen LogP contribution in [0.5, 0.6) is 11.5 Å². The molecule has 15 heteroatoms. The second-order valence-electron chi connectivity index (χ2n) is 9.45. The number of pyridine rings is 1. The van der Waals surface area contributed by atoms with Gasteiger partial charge in [0.05, 0.1) is 30.3 Å². The van der Waals surface area contributed by atoms with Crippen molar-refractivity contribution in [1.82, 2.24) is 19.2 Å². The van der Waals surface area contributed by atoms with Crippen LogP contribution in [0.15, 0.2) is 82.8 Å². The number of benzene rings is 2. The van der Waals surface area contributed by atoms with Gasteiger partial charge in [0.1, 0.15) is 16.9 Å². The van der Waals surface area contributed by atoms with Crippen LogP contribution in [0.3, 0.4) is 0 Å². The van der Waals surface area contributed by atoms with Crippen LogP contribution in [0.4, 0.5) is 28.9 Å². The van der Waals surface area contributed by atoms with Gasteiger partial charge in [-0.3, -0.25) is 14.3 Å². The van der Waals surface area contributed by atoms with Crippen LogP contribution in [-0.2, 0) is 0 Å². The van der Waals surface area contributed by atoms with E-state index >= 15 is 0 Å². The highest BCUT2D eigenvalue weighted by Crippen LogP contribution is 2.36. The minimum absolute atomic E-state index is 0.0346. The third kappa shape index (κ3) is 6.34. The molecule has 3 N–H and O–H groups in total. The van der Waals surface area contributed by atoms with Crippen molar-refractivity contribution in [2.45, 2.75) is 12.3 Å². The zero-order valence-electron chi connectivity index (χ0n) is 21.9. The zero-order chi connectivity index (χ0) is 30.9. The summed E-state index contributed by atoms with van der Waals surface area (Å²) >= 11 is 0. The van der Waals surface area contributed by atoms with Gasteiger partial charge >= 0.3 is 11.7 Å². The summed E-state index contributed by atoms with van der Waals surface area (Å²) in [5.74, 6) is -5.06. The fourth-order valence-corrected chi connectivity index (χ4v) is 4.31. The first-order valence-corrected chi connectivity index (χ1v) is 12.5. The highest BCUT2D eigenvalue weighted by atomic mass is 19.3. The molecule has 1 aliphatic heterocycles. The van der Waals surface area contributed by atoms with Crippen LogP contribution in [0, 0.1) is 11.6 Å². The van der Waals surface area contributed by atoms with Crippen molar-refractivity contribution < 1.29 is 32.2 Å². The Bertz CT molecular complexity index is 1940. The van der Waals surface area contributed by atoms with Crippen LogP contribution in [0.1, 0.15) is 16.8 Å². The second kappa shape index (κ2) is 11.3. The topological polar surface area (TPSA) is 146 Å². The lowest BCUT2D eigenvalue weighted by Gasteiger charge is -2.20. The Morgan fingerprint density at radius 1 is 1.00 bits per heavy atom. The number of carboxylic acids is 1. The Morgan fingerprint density at radius 2 is 1.74 bits per heavy atom. The van der Waals surface area contributed by atoms with Crippen LogP contribution in [-0.4, -0.2) is 49.3 Å². The van der Waals surface area contributed by atoms with Crippen molar-refractivity contribution >= 4 is 22.9 Å². The number of carboxylic acid groups (broad SMARTS) is 1. The molecule has 1 fully saturated rings. The third-order valence-corrected chi connectivity index (χ3v) is 6.42. The average Bonchev–Trinajstić information content (AvgIpc) is 3.57. The van der Waals surface area contributed by atoms with Crippen molar-refractivity contribution in [3.8, 4) is 17.2 Å². The third-order valence-electron chi connectivity index (χ3n) is 6.42. The minimum atomic E-state index is -2.73. The number of carbonyl (C=O) groups is 1. The first kappa shape index (κ1) is 28.9. The standard InChI is InChI=1S/C17H14F3N4O.C11H7FN2O4/c18-13-7-11(21)1-2-15(13)25-16-8-12(9-24-14(16)3-5-22-24)23-6-4-17(19,20)10-23;12-6-1-3-7(4-2-6)14-5-8(10(16)17)9(15)13-11(14)18/h1-3,5,7-9,21H,4,6,10H2;1-5H,(H,16,17)(H,13,15,18)/q-1;. The summed E-state index contributed by atoms with van der Waals surface area (Å²) in [7, 11) is 0. The highest BCUT2D eigenvalue weighted by Gasteiger charge is 2.38. The number of nitrogens with zero attached hydrogens (tertiary/aromatic N) is 4. The van der Waals surface area contributed by atoms with Crippen molar-refractivity contribution in [3.63, 3.8) is 0 Å². The maximum atomic E-state index is 14.0. The van der Waals surface area contributed by atoms with Gasteiger partial charge in [0.15, 0.2) is 17.3 Å². The molecule has 0 bridgehead atoms. The van der Waals surface area contributed by atoms with Gasteiger partial charge in [-0.1, -0.05) is 6.07 Å². The van der Waals surface area contributed by atoms with E-state index in [0.717, 1.165) is 29.0 Å². The molecule has 43 heavy (non-hydrogen) atoms. The molecule has 1 saturated heterocycles. The Kier molecular flexibility index (Phi) is 7.63. The van der Waals surface area contributed by atoms with E-state index in [1.807, 2.05) is 4.98 Å². The number of alkyl halides is 2. The van der Waals surface area contributed by atoms with E-state index in [0.29, 0.717) is 17.0 Å². The summed E-state index contributed by atoms with van der Waals surface area (Å²) < 4.78 is 61.8. The smallest absolute Gasteiger partial charge is 0.342 e. The lowest BCUT2D eigenvalue weighted by Crippen LogP contribution is -2.32. The number of ether oxygens (including phenoxy) is 1. The molecule has 4 heterocycles. The summed E-state index contributed by atoms with van der Waals surface area (Å²) in [5.41, 5.74) is 6.47. The number of anilines is 1. The maximum absolute atomic E-state index is 14.0. The maximum Gasteiger partial charge on any atom is 0.342 e. The second-order valence-corrected chi connectivity index (χ2v) is 9.45. The lowest BCUT2D eigenvalue weighted by molar-refractivity contribution is 0.0257. The monoisotopic (exact) mass is 597 g/mol. The molecule has 0 amide bonds. The summed E-state index contributed by atoms with van der Waals surface area (Å²) in [6.45, 7) is -0.151. The molecule has 0 radical (unpaired) electrons. The number of aromatic nitrogens is 4. The van der Waals surface area contributed by atoms with Gasteiger partial charge in [0.25, 0.3) is 11.5 Å². The number of aromatic amines is 1. The van der Waals surface area contributed by atoms with Gasteiger partial charge in [-0.2, -0.15) is 5.10 Å². The van der Waals surface area contributed by atoms with Crippen molar-refractivity contribution in [2.75, 3.05) is 18.0 Å². The van der Waals surface area contributed by atoms with E-state index in [9.17, 15) is 31.9 Å². The Hall–Kier alpha value is -5.60. The molecular formula is C28H21F4N6O5-. The summed E-state index contributed by atoms with van der Waals surface area (Å²) in [5, 5.41) is 12.9. The molecule has 0 atom stereocenters. The number of H-pyrrole nitrogens is 1. The van der Waals surface area contributed by atoms with E-state index < -0.39 is 40.3 Å². The Balaban J connectivity index is 0.000000181. The average molecular weight is 598 g/mol. The molecule has 2 aromatic carbocycles. The summed E-state index contributed by atoms with van der Waals surface area (Å²) in [6, 6.07) is 11.9. The molecule has 0 saturated carbocycles. The first-order valence-electron chi connectivity index (χ1n) is 12.5. The van der Waals surface area contributed by atoms with Crippen molar-refractivity contribution in [1.29, 1.82) is 0 Å². The first-order chi connectivity index (χ1) is 20.4. The fraction of sp³-hybridized carbons (Fsp3) is 0.143. The summed E-state index contributed by atoms with van der Waals surface area (Å²) in [4.78, 5) is 36.9. The van der Waals surface area contributed by atoms with Gasteiger partial charge in [-0.25, -0.2) is 31.7 Å². The van der Waals surface area contributed by atoms with Crippen LogP contribution < -0.4 is 20.9 Å². The number of hydrogen-bond donors (Lipinski definition) is 2. The van der Waals surface area contributed by atoms with E-state index in [-0.39, 0.29) is 36.6 Å². The molecular weight excluding hydrogens is 576 g/mol. The highest BCUT2D eigenvalue weighted by molar-refractivity contribution is 5.86. The van der Waals surface area contributed by atoms with Crippen molar-refractivity contribution in [3.05, 3.63) is 117 Å². The van der Waals surface area contributed by atoms with Gasteiger partial charge < -0.3 is 20.5 Å². The van der Waals surface area contributed by atoms with E-state index in [4.69, 9.17) is 15.6 Å². The number of hydrogen-bond acceptors (Lipinski definition) is 6. The fourth-order valence-electron chi connectivity index (χ4n) is 4.31. The van der Waals surface area contributed by atoms with E-state index in [2.05, 4.69) is 5.10 Å². The predicted octanol–water partition coefficient (Wildman–Crippen LogP) is 5.16. The largest absolute Gasteiger partial charge is 0.699 e. The normalized spacial score (nSPS) is 13.9. The van der Waals surface area contributed by atoms with Gasteiger partial charge in [0, 0.05) is 25.2 Å². The van der Waals surface area contributed by atoms with E-state index in [1.54, 1.807) is 29.4 Å². The predicted molar refractivity (Wildman–Crippen MR) is 147 cm³/mol. The van der Waals surface area contributed by atoms with Crippen LogP contribution in [0.2, 0.25) is 0 Å². The molecule has 222 valence electrons. The van der Waals surface area contributed by atoms with Crippen LogP contribution >= 0.6 is 0 Å². The quantitative estimate of drug-likeness (QED) is 0.266. The van der Waals surface area contributed by atoms with Gasteiger partial charge in [0.2, 0.25) is 0 Å². The Morgan fingerprint density at radius 3 is 2.40 bits per heavy atom. The number of fused-ring (bicyclic) bond motifs is 1. The molecule has 3 aromatic heterocycles. The number of nitrogens with one attached hydrogen (secondary N) is 2. The number of rotatable bonds is 5. The SMILES string of the molecule is O=C(O)c1cn(-c2ccc(F)cc2)c(=O)[nH]c1=O.[NH-]c1ccc(Oc2cc(N3CCC(F)(F)C3)cn3nccc23)c(F)c1. The molecule has 1 aliphatic rings. The lowest BCUT2D eigenvalue weighted by atomic mass is 10.3. The minimum Gasteiger partial charge on any atom is -0.699 e. The van der Waals surface area contributed by atoms with Crippen LogP contribution in [0.25, 0.3) is 16.9 Å². The molecule has 0 unspecified atom stereocenters. The van der Waals surface area contributed by atoms with Crippen molar-refractivity contribution in [2.24, 2.45) is 0 Å². The zero-order valence-corrected chi connectivity index (χ0v) is 21.9. The van der Waals surface area contributed by atoms with Gasteiger partial charge in [-0.05, 0) is 42.5 Å². The van der Waals surface area contributed by atoms with Gasteiger partial charge in [-0.15, -0.1) is 5.69 Å². The molecule has 6 rings (SSSR count). The molecule has 0 spiro atoms.